The van der Waals surface area contributed by atoms with Gasteiger partial charge in [0.05, 0.1) is 12.1 Å². The molecule has 0 amide bonds. The number of nitrogens with zero attached hydrogens (tertiary/aromatic N) is 1. The number of benzene rings is 1. The van der Waals surface area contributed by atoms with E-state index in [-0.39, 0.29) is 0 Å². The minimum atomic E-state index is -4.28. The van der Waals surface area contributed by atoms with E-state index in [0.29, 0.717) is 12.6 Å². The molecule has 1 fully saturated rings. The molecule has 0 radical (unpaired) electrons. The van der Waals surface area contributed by atoms with Gasteiger partial charge in [-0.3, -0.25) is 4.99 Å². The van der Waals surface area contributed by atoms with E-state index in [4.69, 9.17) is 0 Å². The van der Waals surface area contributed by atoms with Gasteiger partial charge in [-0.15, -0.1) is 0 Å². The highest BCUT2D eigenvalue weighted by molar-refractivity contribution is 8.13. The molecule has 1 heterocycles. The fourth-order valence-corrected chi connectivity index (χ4v) is 2.95. The van der Waals surface area contributed by atoms with Crippen molar-refractivity contribution in [1.29, 1.82) is 0 Å². The molecule has 6 heteroatoms. The van der Waals surface area contributed by atoms with Gasteiger partial charge in [-0.2, -0.15) is 13.2 Å². The Morgan fingerprint density at radius 1 is 1.30 bits per heavy atom. The number of thioether (sulfide) groups is 1. The van der Waals surface area contributed by atoms with Crippen LogP contribution in [0.25, 0.3) is 0 Å². The molecule has 2 rings (SSSR count). The van der Waals surface area contributed by atoms with E-state index in [1.54, 1.807) is 11.8 Å². The predicted octanol–water partition coefficient (Wildman–Crippen LogP) is 4.07. The minimum Gasteiger partial charge on any atom is -0.362 e. The van der Waals surface area contributed by atoms with E-state index in [1.807, 2.05) is 0 Å². The predicted molar refractivity (Wildman–Crippen MR) is 76.9 cm³/mol. The lowest BCUT2D eigenvalue weighted by molar-refractivity contribution is -0.137. The zero-order valence-corrected chi connectivity index (χ0v) is 12.0. The van der Waals surface area contributed by atoms with Crippen LogP contribution >= 0.6 is 11.8 Å². The van der Waals surface area contributed by atoms with Crippen molar-refractivity contribution in [3.8, 4) is 0 Å². The monoisotopic (exact) mass is 302 g/mol. The lowest BCUT2D eigenvalue weighted by Gasteiger charge is -2.24. The highest BCUT2D eigenvalue weighted by atomic mass is 32.2. The molecule has 0 spiro atoms. The molecule has 0 aliphatic carbocycles. The molecule has 1 aromatic rings. The van der Waals surface area contributed by atoms with Gasteiger partial charge in [-0.1, -0.05) is 30.8 Å². The van der Waals surface area contributed by atoms with Crippen LogP contribution in [0.1, 0.15) is 30.9 Å². The zero-order valence-electron chi connectivity index (χ0n) is 11.2. The highest BCUT2D eigenvalue weighted by Gasteiger charge is 2.29. The molecule has 1 atom stereocenters. The Labute approximate surface area is 120 Å². The largest absolute Gasteiger partial charge is 0.416 e. The molecule has 2 nitrogen and oxygen atoms in total. The first-order chi connectivity index (χ1) is 9.49. The van der Waals surface area contributed by atoms with Crippen molar-refractivity contribution in [2.24, 2.45) is 4.99 Å². The summed E-state index contributed by atoms with van der Waals surface area (Å²) >= 11 is 1.67. The Bertz CT molecular complexity index is 468. The maximum Gasteiger partial charge on any atom is 0.416 e. The van der Waals surface area contributed by atoms with Crippen molar-refractivity contribution in [2.75, 3.05) is 5.75 Å². The minimum absolute atomic E-state index is 0.407. The van der Waals surface area contributed by atoms with Crippen molar-refractivity contribution in [1.82, 2.24) is 5.32 Å². The van der Waals surface area contributed by atoms with E-state index in [2.05, 4.69) is 17.2 Å². The van der Waals surface area contributed by atoms with E-state index >= 15 is 0 Å². The van der Waals surface area contributed by atoms with Crippen LogP contribution in [0.15, 0.2) is 29.3 Å². The van der Waals surface area contributed by atoms with Gasteiger partial charge in [0.25, 0.3) is 0 Å². The molecule has 110 valence electrons. The number of hydrogen-bond donors (Lipinski definition) is 1. The first-order valence-corrected chi connectivity index (χ1v) is 7.57. The zero-order chi connectivity index (χ0) is 14.6. The smallest absolute Gasteiger partial charge is 0.362 e. The Kier molecular flexibility index (Phi) is 4.96. The fraction of sp³-hybridized carbons (Fsp3) is 0.500. The first-order valence-electron chi connectivity index (χ1n) is 6.59. The number of nitrogens with one attached hydrogen (secondary N) is 1. The van der Waals surface area contributed by atoms with E-state index in [1.165, 1.54) is 12.1 Å². The lowest BCUT2D eigenvalue weighted by Crippen LogP contribution is -2.37. The molecule has 1 N–H and O–H groups in total. The van der Waals surface area contributed by atoms with Crippen molar-refractivity contribution >= 4 is 16.9 Å². The third-order valence-corrected chi connectivity index (χ3v) is 4.17. The van der Waals surface area contributed by atoms with Crippen LogP contribution in [0.4, 0.5) is 13.2 Å². The van der Waals surface area contributed by atoms with E-state index in [9.17, 15) is 13.2 Å². The van der Waals surface area contributed by atoms with E-state index in [0.717, 1.165) is 41.5 Å². The maximum atomic E-state index is 12.4. The van der Waals surface area contributed by atoms with Gasteiger partial charge in [0, 0.05) is 11.8 Å². The average molecular weight is 302 g/mol. The van der Waals surface area contributed by atoms with Crippen molar-refractivity contribution < 1.29 is 13.2 Å². The van der Waals surface area contributed by atoms with Crippen LogP contribution in [0.2, 0.25) is 0 Å². The van der Waals surface area contributed by atoms with Crippen LogP contribution < -0.4 is 5.32 Å². The van der Waals surface area contributed by atoms with Crippen molar-refractivity contribution in [3.05, 3.63) is 35.4 Å². The summed E-state index contributed by atoms with van der Waals surface area (Å²) in [5.41, 5.74) is 0.164. The summed E-state index contributed by atoms with van der Waals surface area (Å²) < 4.78 is 37.3. The molecule has 0 bridgehead atoms. The summed E-state index contributed by atoms with van der Waals surface area (Å²) in [6, 6.07) is 5.63. The summed E-state index contributed by atoms with van der Waals surface area (Å²) in [6.07, 6.45) is -2.10. The summed E-state index contributed by atoms with van der Waals surface area (Å²) in [5.74, 6) is 1.04. The van der Waals surface area contributed by atoms with Crippen LogP contribution in [0.5, 0.6) is 0 Å². The first kappa shape index (κ1) is 15.2. The van der Waals surface area contributed by atoms with Gasteiger partial charge in [-0.05, 0) is 30.5 Å². The second-order valence-electron chi connectivity index (χ2n) is 4.70. The van der Waals surface area contributed by atoms with Crippen LogP contribution in [-0.4, -0.2) is 17.0 Å². The molecule has 0 saturated carbocycles. The van der Waals surface area contributed by atoms with Gasteiger partial charge >= 0.3 is 6.18 Å². The van der Waals surface area contributed by atoms with Gasteiger partial charge in [0.15, 0.2) is 5.17 Å². The Morgan fingerprint density at radius 3 is 2.60 bits per heavy atom. The van der Waals surface area contributed by atoms with Crippen molar-refractivity contribution in [3.63, 3.8) is 0 Å². The van der Waals surface area contributed by atoms with Crippen LogP contribution in [-0.2, 0) is 12.7 Å². The molecule has 0 aromatic heterocycles. The maximum absolute atomic E-state index is 12.4. The summed E-state index contributed by atoms with van der Waals surface area (Å²) in [7, 11) is 0. The topological polar surface area (TPSA) is 24.4 Å². The van der Waals surface area contributed by atoms with Gasteiger partial charge in [-0.25, -0.2) is 0 Å². The van der Waals surface area contributed by atoms with Crippen LogP contribution in [0, 0.1) is 0 Å². The summed E-state index contributed by atoms with van der Waals surface area (Å²) in [4.78, 5) is 4.43. The third kappa shape index (κ3) is 4.16. The number of alkyl halides is 3. The molecule has 1 aromatic carbocycles. The molecule has 20 heavy (non-hydrogen) atoms. The normalized spacial score (nSPS) is 21.8. The second-order valence-corrected chi connectivity index (χ2v) is 5.79. The third-order valence-electron chi connectivity index (χ3n) is 3.21. The standard InChI is InChI=1S/C14H17F3N2S/c1-2-12-7-8-20-13(19-12)18-9-10-3-5-11(6-4-10)14(15,16)17/h3-6,12H,2,7-9H2,1H3,(H,18,19). The number of amidine groups is 1. The SMILES string of the molecule is CCC1CCSC(=NCc2ccc(C(F)(F)F)cc2)N1. The van der Waals surface area contributed by atoms with E-state index < -0.39 is 11.7 Å². The molecule has 1 aliphatic rings. The fourth-order valence-electron chi connectivity index (χ4n) is 1.95. The Balaban J connectivity index is 1.97. The summed E-state index contributed by atoms with van der Waals surface area (Å²) in [6.45, 7) is 2.53. The lowest BCUT2D eigenvalue weighted by atomic mass is 10.1. The van der Waals surface area contributed by atoms with Gasteiger partial charge < -0.3 is 5.32 Å². The second kappa shape index (κ2) is 6.52. The van der Waals surface area contributed by atoms with Gasteiger partial charge in [0.1, 0.15) is 0 Å². The van der Waals surface area contributed by atoms with Crippen LogP contribution in [0.3, 0.4) is 0 Å². The van der Waals surface area contributed by atoms with Gasteiger partial charge in [0.2, 0.25) is 0 Å². The Hall–Kier alpha value is -1.17. The number of hydrogen-bond acceptors (Lipinski definition) is 2. The summed E-state index contributed by atoms with van der Waals surface area (Å²) in [5, 5.41) is 4.23. The molecule has 1 saturated heterocycles. The highest BCUT2D eigenvalue weighted by Crippen LogP contribution is 2.29. The average Bonchev–Trinajstić information content (AvgIpc) is 2.45. The molecule has 1 unspecified atom stereocenters. The molecule has 1 aliphatic heterocycles. The molecular weight excluding hydrogens is 285 g/mol. The quantitative estimate of drug-likeness (QED) is 0.910. The number of aliphatic imine (C=N–C) groups is 1. The number of halogens is 3. The Morgan fingerprint density at radius 2 is 2.00 bits per heavy atom. The van der Waals surface area contributed by atoms with Crippen molar-refractivity contribution in [2.45, 2.75) is 38.5 Å². The molecular formula is C14H17F3N2S. The number of rotatable bonds is 3.